The van der Waals surface area contributed by atoms with Gasteiger partial charge < -0.3 is 16.2 Å². The van der Waals surface area contributed by atoms with Gasteiger partial charge in [0.25, 0.3) is 5.91 Å². The van der Waals surface area contributed by atoms with E-state index in [-0.39, 0.29) is 11.9 Å². The van der Waals surface area contributed by atoms with E-state index in [1.807, 2.05) is 6.92 Å². The van der Waals surface area contributed by atoms with Gasteiger partial charge in [-0.3, -0.25) is 9.48 Å². The van der Waals surface area contributed by atoms with E-state index in [2.05, 4.69) is 10.4 Å². The largest absolute Gasteiger partial charge is 0.395 e. The summed E-state index contributed by atoms with van der Waals surface area (Å²) in [6, 6.07) is -0.179. The van der Waals surface area contributed by atoms with E-state index in [1.54, 1.807) is 11.6 Å². The monoisotopic (exact) mass is 266 g/mol. The maximum Gasteiger partial charge on any atom is 0.272 e. The van der Waals surface area contributed by atoms with E-state index >= 15 is 0 Å². The average molecular weight is 266 g/mol. The van der Waals surface area contributed by atoms with Gasteiger partial charge in [0, 0.05) is 6.54 Å². The first kappa shape index (κ1) is 13.9. The number of nitrogen functional groups attached to an aromatic ring is 1. The number of carbonyl (C=O) groups is 1. The number of nitrogens with one attached hydrogen (secondary N) is 1. The van der Waals surface area contributed by atoms with Crippen LogP contribution in [0.3, 0.4) is 0 Å². The Labute approximate surface area is 113 Å². The third kappa shape index (κ3) is 2.73. The van der Waals surface area contributed by atoms with E-state index in [0.717, 1.165) is 25.7 Å². The van der Waals surface area contributed by atoms with Gasteiger partial charge in [-0.1, -0.05) is 12.8 Å². The summed E-state index contributed by atoms with van der Waals surface area (Å²) in [7, 11) is 0. The molecule has 1 aromatic heterocycles. The number of hydrogen-bond donors (Lipinski definition) is 3. The minimum atomic E-state index is -0.460. The van der Waals surface area contributed by atoms with E-state index in [1.165, 1.54) is 0 Å². The molecule has 1 heterocycles. The Balaban J connectivity index is 2.15. The molecule has 4 N–H and O–H groups in total. The summed E-state index contributed by atoms with van der Waals surface area (Å²) in [4.78, 5) is 12.3. The lowest BCUT2D eigenvalue weighted by molar-refractivity contribution is 0.0710. The fourth-order valence-corrected chi connectivity index (χ4v) is 2.58. The van der Waals surface area contributed by atoms with Crippen molar-refractivity contribution in [1.82, 2.24) is 15.1 Å². The summed E-state index contributed by atoms with van der Waals surface area (Å²) >= 11 is 0. The first-order valence-corrected chi connectivity index (χ1v) is 6.86. The normalized spacial score (nSPS) is 23.3. The number of aliphatic hydroxyl groups excluding tert-OH is 1. The molecular weight excluding hydrogens is 244 g/mol. The lowest BCUT2D eigenvalue weighted by Gasteiger charge is -2.28. The van der Waals surface area contributed by atoms with Crippen LogP contribution in [0, 0.1) is 6.92 Å². The van der Waals surface area contributed by atoms with Crippen LogP contribution < -0.4 is 11.1 Å². The molecule has 1 aromatic rings. The zero-order chi connectivity index (χ0) is 14.0. The summed E-state index contributed by atoms with van der Waals surface area (Å²) in [6.45, 7) is 4.29. The second-order valence-electron chi connectivity index (χ2n) is 5.10. The molecule has 0 saturated heterocycles. The first-order chi connectivity index (χ1) is 9.04. The Hall–Kier alpha value is -1.56. The number of carbonyl (C=O) groups excluding carboxylic acids is 1. The van der Waals surface area contributed by atoms with Gasteiger partial charge in [0.05, 0.1) is 23.5 Å². The number of aryl methyl sites for hydroxylation is 2. The Morgan fingerprint density at radius 2 is 2.21 bits per heavy atom. The maximum atomic E-state index is 12.3. The van der Waals surface area contributed by atoms with Gasteiger partial charge >= 0.3 is 0 Å². The van der Waals surface area contributed by atoms with Crippen LogP contribution in [0.5, 0.6) is 0 Å². The number of rotatable bonds is 3. The minimum absolute atomic E-state index is 0.179. The highest BCUT2D eigenvalue weighted by Gasteiger charge is 2.27. The fraction of sp³-hybridized carbons (Fsp3) is 0.692. The molecule has 2 atom stereocenters. The minimum Gasteiger partial charge on any atom is -0.395 e. The Bertz CT molecular complexity index is 469. The second-order valence-corrected chi connectivity index (χ2v) is 5.10. The summed E-state index contributed by atoms with van der Waals surface area (Å²) in [5.41, 5.74) is 7.40. The zero-order valence-electron chi connectivity index (χ0n) is 11.5. The third-order valence-electron chi connectivity index (χ3n) is 3.73. The molecule has 1 aliphatic carbocycles. The Morgan fingerprint density at radius 1 is 1.53 bits per heavy atom. The molecule has 0 aliphatic heterocycles. The quantitative estimate of drug-likeness (QED) is 0.755. The number of anilines is 1. The summed E-state index contributed by atoms with van der Waals surface area (Å²) in [5.74, 6) is -0.245. The topological polar surface area (TPSA) is 93.2 Å². The molecule has 1 saturated carbocycles. The average Bonchev–Trinajstić information content (AvgIpc) is 2.68. The smallest absolute Gasteiger partial charge is 0.272 e. The fourth-order valence-electron chi connectivity index (χ4n) is 2.58. The van der Waals surface area contributed by atoms with E-state index in [4.69, 9.17) is 5.73 Å². The van der Waals surface area contributed by atoms with Gasteiger partial charge in [-0.15, -0.1) is 0 Å². The van der Waals surface area contributed by atoms with Crippen molar-refractivity contribution in [3.05, 3.63) is 11.4 Å². The molecule has 1 fully saturated rings. The number of nitrogens with zero attached hydrogens (tertiary/aromatic N) is 2. The van der Waals surface area contributed by atoms with Crippen LogP contribution in [0.4, 0.5) is 5.69 Å². The van der Waals surface area contributed by atoms with Crippen LogP contribution in [-0.4, -0.2) is 32.9 Å². The molecule has 0 aromatic carbocycles. The lowest BCUT2D eigenvalue weighted by atomic mass is 9.92. The number of aromatic nitrogens is 2. The highest BCUT2D eigenvalue weighted by molar-refractivity contribution is 5.98. The van der Waals surface area contributed by atoms with Gasteiger partial charge in [0.1, 0.15) is 5.69 Å². The predicted molar refractivity (Wildman–Crippen MR) is 72.8 cm³/mol. The summed E-state index contributed by atoms with van der Waals surface area (Å²) < 4.78 is 1.61. The van der Waals surface area contributed by atoms with Gasteiger partial charge in [-0.2, -0.15) is 5.10 Å². The Kier molecular flexibility index (Phi) is 4.09. The number of aliphatic hydroxyl groups is 1. The SMILES string of the molecule is CCn1nc(C)c(N)c1C(=O)N[C@H]1CCCC[C@@H]1O. The zero-order valence-corrected chi connectivity index (χ0v) is 11.5. The summed E-state index contributed by atoms with van der Waals surface area (Å²) in [6.07, 6.45) is 3.14. The third-order valence-corrected chi connectivity index (χ3v) is 3.73. The number of nitrogens with two attached hydrogens (primary N) is 1. The molecule has 0 unspecified atom stereocenters. The van der Waals surface area contributed by atoms with Crippen molar-refractivity contribution in [2.24, 2.45) is 0 Å². The molecular formula is C13H22N4O2. The van der Waals surface area contributed by atoms with Crippen molar-refractivity contribution in [2.75, 3.05) is 5.73 Å². The van der Waals surface area contributed by atoms with Crippen molar-refractivity contribution < 1.29 is 9.90 Å². The molecule has 6 nitrogen and oxygen atoms in total. The van der Waals surface area contributed by atoms with Crippen LogP contribution >= 0.6 is 0 Å². The van der Waals surface area contributed by atoms with Crippen molar-refractivity contribution in [2.45, 2.75) is 58.2 Å². The molecule has 19 heavy (non-hydrogen) atoms. The molecule has 1 aliphatic rings. The molecule has 106 valence electrons. The highest BCUT2D eigenvalue weighted by Crippen LogP contribution is 2.21. The van der Waals surface area contributed by atoms with E-state index < -0.39 is 6.10 Å². The first-order valence-electron chi connectivity index (χ1n) is 6.86. The van der Waals surface area contributed by atoms with Crippen molar-refractivity contribution >= 4 is 11.6 Å². The van der Waals surface area contributed by atoms with Gasteiger partial charge in [0.2, 0.25) is 0 Å². The van der Waals surface area contributed by atoms with E-state index in [0.29, 0.717) is 23.6 Å². The second kappa shape index (κ2) is 5.61. The van der Waals surface area contributed by atoms with Crippen LogP contribution in [0.25, 0.3) is 0 Å². The molecule has 0 spiro atoms. The molecule has 6 heteroatoms. The number of amides is 1. The van der Waals surface area contributed by atoms with Crippen molar-refractivity contribution in [3.63, 3.8) is 0 Å². The van der Waals surface area contributed by atoms with Crippen LogP contribution in [0.1, 0.15) is 48.8 Å². The van der Waals surface area contributed by atoms with Gasteiger partial charge in [0.15, 0.2) is 0 Å². The number of hydrogen-bond acceptors (Lipinski definition) is 4. The summed E-state index contributed by atoms with van der Waals surface area (Å²) in [5, 5.41) is 17.0. The highest BCUT2D eigenvalue weighted by atomic mass is 16.3. The maximum absolute atomic E-state index is 12.3. The Morgan fingerprint density at radius 3 is 2.84 bits per heavy atom. The van der Waals surface area contributed by atoms with Crippen LogP contribution in [0.2, 0.25) is 0 Å². The van der Waals surface area contributed by atoms with Crippen molar-refractivity contribution in [1.29, 1.82) is 0 Å². The van der Waals surface area contributed by atoms with E-state index in [9.17, 15) is 9.90 Å². The van der Waals surface area contributed by atoms with Gasteiger partial charge in [-0.25, -0.2) is 0 Å². The van der Waals surface area contributed by atoms with Crippen molar-refractivity contribution in [3.8, 4) is 0 Å². The molecule has 0 radical (unpaired) electrons. The predicted octanol–water partition coefficient (Wildman–Crippen LogP) is 0.827. The molecule has 0 bridgehead atoms. The lowest BCUT2D eigenvalue weighted by Crippen LogP contribution is -2.45. The molecule has 1 amide bonds. The molecule has 2 rings (SSSR count). The van der Waals surface area contributed by atoms with Crippen LogP contribution in [0.15, 0.2) is 0 Å². The van der Waals surface area contributed by atoms with Crippen LogP contribution in [-0.2, 0) is 6.54 Å². The standard InChI is InChI=1S/C13H22N4O2/c1-3-17-12(11(14)8(2)16-17)13(19)15-9-6-4-5-7-10(9)18/h9-10,18H,3-7,14H2,1-2H3,(H,15,19)/t9-,10-/m0/s1. The van der Waals surface area contributed by atoms with Gasteiger partial charge in [-0.05, 0) is 26.7 Å².